The lowest BCUT2D eigenvalue weighted by molar-refractivity contribution is 0.669. The van der Waals surface area contributed by atoms with Gasteiger partial charge in [-0.15, -0.1) is 11.3 Å². The quantitative estimate of drug-likeness (QED) is 0.178. The Hall–Kier alpha value is -7.02. The first-order valence-electron chi connectivity index (χ1n) is 17.9. The van der Waals surface area contributed by atoms with Crippen molar-refractivity contribution in [2.75, 3.05) is 0 Å². The van der Waals surface area contributed by atoms with Gasteiger partial charge in [0.2, 0.25) is 0 Å². The van der Waals surface area contributed by atoms with E-state index in [2.05, 4.69) is 115 Å². The number of furan rings is 1. The van der Waals surface area contributed by atoms with E-state index in [1.165, 1.54) is 21.9 Å². The second kappa shape index (κ2) is 12.3. The van der Waals surface area contributed by atoms with Crippen LogP contribution in [0.3, 0.4) is 0 Å². The van der Waals surface area contributed by atoms with Crippen molar-refractivity contribution in [2.45, 2.75) is 0 Å². The molecule has 11 rings (SSSR count). The number of rotatable bonds is 5. The van der Waals surface area contributed by atoms with Crippen molar-refractivity contribution < 1.29 is 4.42 Å². The van der Waals surface area contributed by atoms with Gasteiger partial charge >= 0.3 is 0 Å². The van der Waals surface area contributed by atoms with Crippen molar-refractivity contribution >= 4 is 65.0 Å². The summed E-state index contributed by atoms with van der Waals surface area (Å²) in [6.07, 6.45) is 0. The average molecular weight is 709 g/mol. The molecule has 5 nitrogen and oxygen atoms in total. The third kappa shape index (κ3) is 5.15. The third-order valence-corrected chi connectivity index (χ3v) is 11.3. The van der Waals surface area contributed by atoms with E-state index in [1.807, 2.05) is 54.6 Å². The molecule has 0 aliphatic rings. The molecule has 0 atom stereocenters. The van der Waals surface area contributed by atoms with Crippen molar-refractivity contribution in [1.29, 1.82) is 0 Å². The largest absolute Gasteiger partial charge is 0.456 e. The molecular weight excluding hydrogens is 681 g/mol. The van der Waals surface area contributed by atoms with Crippen molar-refractivity contribution in [1.82, 2.24) is 19.9 Å². The number of nitrogens with zero attached hydrogens (tertiary/aromatic N) is 4. The number of fused-ring (bicyclic) bond motifs is 6. The van der Waals surface area contributed by atoms with Crippen LogP contribution in [0.2, 0.25) is 0 Å². The fourth-order valence-corrected chi connectivity index (χ4v) is 8.54. The molecule has 0 spiro atoms. The number of benzene rings is 8. The highest BCUT2D eigenvalue weighted by molar-refractivity contribution is 7.22. The maximum Gasteiger partial charge on any atom is 0.166 e. The first-order valence-corrected chi connectivity index (χ1v) is 18.7. The van der Waals surface area contributed by atoms with Crippen LogP contribution in [0.4, 0.5) is 0 Å². The molecule has 0 radical (unpaired) electrons. The fourth-order valence-electron chi connectivity index (χ4n) is 7.46. The molecule has 6 heteroatoms. The summed E-state index contributed by atoms with van der Waals surface area (Å²) in [5.74, 6) is 1.78. The van der Waals surface area contributed by atoms with Gasteiger partial charge in [-0.3, -0.25) is 0 Å². The zero-order valence-electron chi connectivity index (χ0n) is 28.8. The van der Waals surface area contributed by atoms with E-state index >= 15 is 0 Å². The van der Waals surface area contributed by atoms with Crippen LogP contribution >= 0.6 is 11.3 Å². The van der Waals surface area contributed by atoms with Crippen molar-refractivity contribution in [3.63, 3.8) is 0 Å². The molecule has 0 aliphatic carbocycles. The number of hydrogen-bond acceptors (Lipinski definition) is 6. The second-order valence-corrected chi connectivity index (χ2v) is 14.5. The summed E-state index contributed by atoms with van der Waals surface area (Å²) in [7, 11) is 0. The van der Waals surface area contributed by atoms with Crippen molar-refractivity contribution in [3.05, 3.63) is 170 Å². The average Bonchev–Trinajstić information content (AvgIpc) is 3.84. The highest BCUT2D eigenvalue weighted by atomic mass is 32.1. The lowest BCUT2D eigenvalue weighted by Gasteiger charge is -2.11. The van der Waals surface area contributed by atoms with Gasteiger partial charge in [0, 0.05) is 33.5 Å². The van der Waals surface area contributed by atoms with Crippen LogP contribution in [-0.2, 0) is 0 Å². The number of para-hydroxylation sites is 1. The standard InChI is InChI=1S/C48H28N4OS/c1-3-11-29(12-4-1)33-20-21-35-26-36(23-22-34(35)25-33)46-50-45(31-14-5-2-6-15-31)51-47(52-46)43-42-38-17-9-10-18-40(38)53-41(42)28-39-44(43)54-48(49-39)37-24-19-30-13-7-8-16-32(30)27-37/h1-28H. The zero-order chi connectivity index (χ0) is 35.6. The van der Waals surface area contributed by atoms with Crippen LogP contribution in [-0.4, -0.2) is 19.9 Å². The van der Waals surface area contributed by atoms with Crippen LogP contribution < -0.4 is 0 Å². The Labute approximate surface area is 313 Å². The van der Waals surface area contributed by atoms with E-state index < -0.39 is 0 Å². The molecule has 252 valence electrons. The van der Waals surface area contributed by atoms with Crippen LogP contribution in [0, 0.1) is 0 Å². The minimum absolute atomic E-state index is 0.578. The zero-order valence-corrected chi connectivity index (χ0v) is 29.6. The van der Waals surface area contributed by atoms with Gasteiger partial charge in [-0.2, -0.15) is 0 Å². The first kappa shape index (κ1) is 30.6. The highest BCUT2D eigenvalue weighted by Gasteiger charge is 2.23. The van der Waals surface area contributed by atoms with E-state index in [0.717, 1.165) is 70.2 Å². The van der Waals surface area contributed by atoms with E-state index in [1.54, 1.807) is 11.3 Å². The summed E-state index contributed by atoms with van der Waals surface area (Å²) in [5, 5.41) is 7.54. The molecule has 0 amide bonds. The molecule has 3 aromatic heterocycles. The highest BCUT2D eigenvalue weighted by Crippen LogP contribution is 2.45. The molecule has 11 aromatic rings. The Balaban J connectivity index is 1.15. The van der Waals surface area contributed by atoms with Crippen molar-refractivity contribution in [2.24, 2.45) is 0 Å². The van der Waals surface area contributed by atoms with Gasteiger partial charge in [0.1, 0.15) is 16.2 Å². The van der Waals surface area contributed by atoms with Gasteiger partial charge < -0.3 is 4.42 Å². The van der Waals surface area contributed by atoms with E-state index in [4.69, 9.17) is 24.4 Å². The van der Waals surface area contributed by atoms with E-state index in [0.29, 0.717) is 17.5 Å². The fraction of sp³-hybridized carbons (Fsp3) is 0. The smallest absolute Gasteiger partial charge is 0.166 e. The molecule has 0 aliphatic heterocycles. The van der Waals surface area contributed by atoms with Gasteiger partial charge in [0.25, 0.3) is 0 Å². The Morgan fingerprint density at radius 3 is 1.78 bits per heavy atom. The maximum atomic E-state index is 6.51. The molecule has 0 N–H and O–H groups in total. The molecule has 8 aromatic carbocycles. The van der Waals surface area contributed by atoms with Crippen molar-refractivity contribution in [3.8, 4) is 55.9 Å². The van der Waals surface area contributed by atoms with Gasteiger partial charge in [0.15, 0.2) is 17.5 Å². The minimum atomic E-state index is 0.578. The summed E-state index contributed by atoms with van der Waals surface area (Å²) in [5.41, 5.74) is 8.56. The van der Waals surface area contributed by atoms with Gasteiger partial charge in [-0.05, 0) is 56.9 Å². The molecule has 3 heterocycles. The number of thiazole rings is 1. The molecule has 0 saturated heterocycles. The summed E-state index contributed by atoms with van der Waals surface area (Å²) in [6.45, 7) is 0. The van der Waals surface area contributed by atoms with E-state index in [-0.39, 0.29) is 0 Å². The molecular formula is C48H28N4OS. The summed E-state index contributed by atoms with van der Waals surface area (Å²) in [4.78, 5) is 20.8. The summed E-state index contributed by atoms with van der Waals surface area (Å²) >= 11 is 1.66. The summed E-state index contributed by atoms with van der Waals surface area (Å²) in [6, 6.07) is 58.8. The Morgan fingerprint density at radius 1 is 0.389 bits per heavy atom. The first-order chi connectivity index (χ1) is 26.7. The predicted molar refractivity (Wildman–Crippen MR) is 222 cm³/mol. The number of hydrogen-bond donors (Lipinski definition) is 0. The number of aromatic nitrogens is 4. The third-order valence-electron chi connectivity index (χ3n) is 10.1. The minimum Gasteiger partial charge on any atom is -0.456 e. The Kier molecular flexibility index (Phi) is 6.97. The van der Waals surface area contributed by atoms with Crippen LogP contribution in [0.15, 0.2) is 174 Å². The predicted octanol–water partition coefficient (Wildman–Crippen LogP) is 13.0. The normalized spacial score (nSPS) is 11.7. The SMILES string of the molecule is c1ccc(-c2ccc3cc(-c4nc(-c5ccccc5)nc(-c5c6sc(-c7ccc8ccccc8c7)nc6cc6oc7ccccc7c56)n4)ccc3c2)cc1. The Morgan fingerprint density at radius 2 is 0.963 bits per heavy atom. The van der Waals surface area contributed by atoms with Crippen LogP contribution in [0.1, 0.15) is 0 Å². The van der Waals surface area contributed by atoms with Gasteiger partial charge in [-0.25, -0.2) is 19.9 Å². The molecule has 54 heavy (non-hydrogen) atoms. The van der Waals surface area contributed by atoms with Gasteiger partial charge in [0.05, 0.1) is 15.8 Å². The monoisotopic (exact) mass is 708 g/mol. The van der Waals surface area contributed by atoms with Crippen LogP contribution in [0.5, 0.6) is 0 Å². The van der Waals surface area contributed by atoms with E-state index in [9.17, 15) is 0 Å². The second-order valence-electron chi connectivity index (χ2n) is 13.5. The molecule has 0 saturated carbocycles. The topological polar surface area (TPSA) is 64.7 Å². The van der Waals surface area contributed by atoms with Gasteiger partial charge in [-0.1, -0.05) is 140 Å². The molecule has 0 fully saturated rings. The lowest BCUT2D eigenvalue weighted by atomic mass is 10.00. The lowest BCUT2D eigenvalue weighted by Crippen LogP contribution is -2.00. The maximum absolute atomic E-state index is 6.51. The molecule has 0 unspecified atom stereocenters. The summed E-state index contributed by atoms with van der Waals surface area (Å²) < 4.78 is 7.51. The van der Waals surface area contributed by atoms with Crippen LogP contribution in [0.25, 0.3) is 110 Å². The molecule has 0 bridgehead atoms. The Bertz CT molecular complexity index is 3220.